The molecule has 1 rings (SSSR count). The van der Waals surface area contributed by atoms with E-state index in [1.807, 2.05) is 0 Å². The molecule has 1 aromatic rings. The maximum Gasteiger partial charge on any atom is 0.344 e. The molecule has 17 heavy (non-hydrogen) atoms. The molecule has 0 aliphatic heterocycles. The first-order chi connectivity index (χ1) is 7.95. The van der Waals surface area contributed by atoms with Gasteiger partial charge in [-0.2, -0.15) is 0 Å². The van der Waals surface area contributed by atoms with Crippen LogP contribution in [0.3, 0.4) is 0 Å². The van der Waals surface area contributed by atoms with Gasteiger partial charge in [-0.25, -0.2) is 4.79 Å². The third-order valence-electron chi connectivity index (χ3n) is 2.30. The second-order valence-corrected chi connectivity index (χ2v) is 3.56. The van der Waals surface area contributed by atoms with E-state index in [1.165, 1.54) is 18.2 Å². The van der Waals surface area contributed by atoms with Crippen molar-refractivity contribution in [1.82, 2.24) is 0 Å². The van der Waals surface area contributed by atoms with Crippen molar-refractivity contribution in [2.75, 3.05) is 0 Å². The molecule has 1 aromatic carbocycles. The number of non-ortho nitro benzene ring substituents is 1. The molecule has 0 aromatic heterocycles. The molecule has 0 fully saturated rings. The minimum absolute atomic E-state index is 0.120. The Morgan fingerprint density at radius 1 is 1.59 bits per heavy atom. The summed E-state index contributed by atoms with van der Waals surface area (Å²) in [7, 11) is 0. The van der Waals surface area contributed by atoms with Gasteiger partial charge in [-0.05, 0) is 25.0 Å². The van der Waals surface area contributed by atoms with Crippen LogP contribution < -0.4 is 4.74 Å². The van der Waals surface area contributed by atoms with Gasteiger partial charge in [-0.3, -0.25) is 10.1 Å². The summed E-state index contributed by atoms with van der Waals surface area (Å²) < 4.78 is 5.24. The monoisotopic (exact) mass is 239 g/mol. The summed E-state index contributed by atoms with van der Waals surface area (Å²) in [5.41, 5.74) is 0.543. The van der Waals surface area contributed by atoms with Crippen LogP contribution in [0.4, 0.5) is 5.69 Å². The SMILES string of the molecule is CCC(Oc1cc([N+](=O)[O-])ccc1C)C(=O)O. The Balaban J connectivity index is 3.00. The van der Waals surface area contributed by atoms with Crippen LogP contribution in [0.2, 0.25) is 0 Å². The number of rotatable bonds is 5. The fourth-order valence-electron chi connectivity index (χ4n) is 1.29. The van der Waals surface area contributed by atoms with E-state index in [0.717, 1.165) is 0 Å². The Kier molecular flexibility index (Phi) is 4.03. The number of aryl methyl sites for hydroxylation is 1. The lowest BCUT2D eigenvalue weighted by Crippen LogP contribution is -2.26. The topological polar surface area (TPSA) is 89.7 Å². The van der Waals surface area contributed by atoms with Crippen LogP contribution in [-0.2, 0) is 4.79 Å². The number of nitro groups is 1. The average Bonchev–Trinajstić information content (AvgIpc) is 2.27. The van der Waals surface area contributed by atoms with Gasteiger partial charge in [0.15, 0.2) is 6.10 Å². The summed E-state index contributed by atoms with van der Waals surface area (Å²) in [5, 5.41) is 19.4. The van der Waals surface area contributed by atoms with Crippen molar-refractivity contribution in [3.05, 3.63) is 33.9 Å². The first kappa shape index (κ1) is 13.0. The standard InChI is InChI=1S/C11H13NO5/c1-3-9(11(13)14)17-10-6-8(12(15)16)5-4-7(10)2/h4-6,9H,3H2,1-2H3,(H,13,14). The largest absolute Gasteiger partial charge is 0.479 e. The molecule has 0 saturated heterocycles. The predicted molar refractivity (Wildman–Crippen MR) is 60.2 cm³/mol. The predicted octanol–water partition coefficient (Wildman–Crippen LogP) is 2.15. The highest BCUT2D eigenvalue weighted by molar-refractivity contribution is 5.72. The maximum absolute atomic E-state index is 10.8. The van der Waals surface area contributed by atoms with Crippen LogP contribution in [0.1, 0.15) is 18.9 Å². The molecule has 0 aliphatic carbocycles. The van der Waals surface area contributed by atoms with E-state index >= 15 is 0 Å². The van der Waals surface area contributed by atoms with Gasteiger partial charge >= 0.3 is 5.97 Å². The molecule has 6 nitrogen and oxygen atoms in total. The minimum Gasteiger partial charge on any atom is -0.479 e. The summed E-state index contributed by atoms with van der Waals surface area (Å²) in [6, 6.07) is 4.12. The molecule has 0 spiro atoms. The lowest BCUT2D eigenvalue weighted by atomic mass is 10.2. The molecule has 1 N–H and O–H groups in total. The third-order valence-corrected chi connectivity index (χ3v) is 2.30. The number of aliphatic carboxylic acids is 1. The smallest absolute Gasteiger partial charge is 0.344 e. The van der Waals surface area contributed by atoms with Gasteiger partial charge in [-0.1, -0.05) is 6.92 Å². The number of ether oxygens (including phenoxy) is 1. The Morgan fingerprint density at radius 3 is 2.71 bits per heavy atom. The summed E-state index contributed by atoms with van der Waals surface area (Å²) >= 11 is 0. The number of hydrogen-bond donors (Lipinski definition) is 1. The highest BCUT2D eigenvalue weighted by atomic mass is 16.6. The lowest BCUT2D eigenvalue weighted by Gasteiger charge is -2.14. The van der Waals surface area contributed by atoms with Crippen molar-refractivity contribution in [1.29, 1.82) is 0 Å². The average molecular weight is 239 g/mol. The van der Waals surface area contributed by atoms with Crippen LogP contribution >= 0.6 is 0 Å². The number of nitro benzene ring substituents is 1. The van der Waals surface area contributed by atoms with E-state index in [4.69, 9.17) is 9.84 Å². The van der Waals surface area contributed by atoms with Crippen LogP contribution in [0, 0.1) is 17.0 Å². The van der Waals surface area contributed by atoms with E-state index in [0.29, 0.717) is 5.56 Å². The molecule has 92 valence electrons. The molecular formula is C11H13NO5. The van der Waals surface area contributed by atoms with E-state index in [9.17, 15) is 14.9 Å². The zero-order valence-corrected chi connectivity index (χ0v) is 9.54. The highest BCUT2D eigenvalue weighted by Crippen LogP contribution is 2.25. The molecule has 1 atom stereocenters. The van der Waals surface area contributed by atoms with Crippen molar-refractivity contribution in [2.45, 2.75) is 26.4 Å². The number of carbonyl (C=O) groups is 1. The van der Waals surface area contributed by atoms with Crippen LogP contribution in [0.5, 0.6) is 5.75 Å². The number of nitrogens with zero attached hydrogens (tertiary/aromatic N) is 1. The lowest BCUT2D eigenvalue weighted by molar-refractivity contribution is -0.385. The van der Waals surface area contributed by atoms with Gasteiger partial charge in [-0.15, -0.1) is 0 Å². The summed E-state index contributed by atoms with van der Waals surface area (Å²) in [4.78, 5) is 20.8. The van der Waals surface area contributed by atoms with Gasteiger partial charge in [0.05, 0.1) is 11.0 Å². The molecule has 0 saturated carbocycles. The van der Waals surface area contributed by atoms with Crippen LogP contribution in [-0.4, -0.2) is 22.1 Å². The van der Waals surface area contributed by atoms with Crippen molar-refractivity contribution in [3.8, 4) is 5.75 Å². The van der Waals surface area contributed by atoms with Gasteiger partial charge in [0.1, 0.15) is 5.75 Å². The van der Waals surface area contributed by atoms with Crippen molar-refractivity contribution in [3.63, 3.8) is 0 Å². The third kappa shape index (κ3) is 3.17. The van der Waals surface area contributed by atoms with Gasteiger partial charge < -0.3 is 9.84 Å². The second kappa shape index (κ2) is 5.29. The van der Waals surface area contributed by atoms with E-state index in [1.54, 1.807) is 13.8 Å². The Hall–Kier alpha value is -2.11. The quantitative estimate of drug-likeness (QED) is 0.628. The summed E-state index contributed by atoms with van der Waals surface area (Å²) in [6.45, 7) is 3.37. The van der Waals surface area contributed by atoms with E-state index in [-0.39, 0.29) is 17.9 Å². The van der Waals surface area contributed by atoms with Gasteiger partial charge in [0, 0.05) is 6.07 Å². The van der Waals surface area contributed by atoms with Gasteiger partial charge in [0.25, 0.3) is 5.69 Å². The van der Waals surface area contributed by atoms with Gasteiger partial charge in [0.2, 0.25) is 0 Å². The second-order valence-electron chi connectivity index (χ2n) is 3.56. The molecule has 6 heteroatoms. The summed E-state index contributed by atoms with van der Waals surface area (Å²) in [6.07, 6.45) is -0.701. The molecule has 0 amide bonds. The Labute approximate surface area is 98.0 Å². The van der Waals surface area contributed by atoms with E-state index < -0.39 is 17.0 Å². The zero-order valence-electron chi connectivity index (χ0n) is 9.54. The fourth-order valence-corrected chi connectivity index (χ4v) is 1.29. The van der Waals surface area contributed by atoms with E-state index in [2.05, 4.69) is 0 Å². The molecule has 0 radical (unpaired) electrons. The normalized spacial score (nSPS) is 11.9. The Bertz CT molecular complexity index is 443. The first-order valence-corrected chi connectivity index (χ1v) is 5.10. The Morgan fingerprint density at radius 2 is 2.24 bits per heavy atom. The number of carboxylic acids is 1. The molecular weight excluding hydrogens is 226 g/mol. The molecule has 0 heterocycles. The van der Waals surface area contributed by atoms with Crippen LogP contribution in [0.25, 0.3) is 0 Å². The number of hydrogen-bond acceptors (Lipinski definition) is 4. The molecule has 0 aliphatic rings. The van der Waals surface area contributed by atoms with Crippen molar-refractivity contribution >= 4 is 11.7 Å². The molecule has 1 unspecified atom stereocenters. The van der Waals surface area contributed by atoms with Crippen molar-refractivity contribution < 1.29 is 19.6 Å². The van der Waals surface area contributed by atoms with Crippen molar-refractivity contribution in [2.24, 2.45) is 0 Å². The summed E-state index contributed by atoms with van der Waals surface area (Å²) in [5.74, 6) is -0.855. The fraction of sp³-hybridized carbons (Fsp3) is 0.364. The first-order valence-electron chi connectivity index (χ1n) is 5.10. The maximum atomic E-state index is 10.8. The zero-order chi connectivity index (χ0) is 13.0. The minimum atomic E-state index is -1.08. The molecule has 0 bridgehead atoms. The number of benzene rings is 1. The van der Waals surface area contributed by atoms with Crippen LogP contribution in [0.15, 0.2) is 18.2 Å². The highest BCUT2D eigenvalue weighted by Gasteiger charge is 2.19. The number of carboxylic acid groups (broad SMARTS) is 1.